The number of rotatable bonds is 4. The first-order chi connectivity index (χ1) is 9.02. The van der Waals surface area contributed by atoms with Crippen LogP contribution in [0.25, 0.3) is 0 Å². The highest BCUT2D eigenvalue weighted by Crippen LogP contribution is 2.25. The molecule has 0 aliphatic rings. The number of nitrogens with one attached hydrogen (secondary N) is 1. The lowest BCUT2D eigenvalue weighted by molar-refractivity contribution is -0.113. The molecule has 0 saturated heterocycles. The van der Waals surface area contributed by atoms with Gasteiger partial charge in [0.05, 0.1) is 5.75 Å². The fourth-order valence-electron chi connectivity index (χ4n) is 1.23. The molecule has 2 aromatic rings. The Morgan fingerprint density at radius 2 is 2.00 bits per heavy atom. The van der Waals surface area contributed by atoms with Gasteiger partial charge in [0.15, 0.2) is 4.34 Å². The van der Waals surface area contributed by atoms with Gasteiger partial charge in [-0.3, -0.25) is 4.79 Å². The Morgan fingerprint density at radius 1 is 1.32 bits per heavy atom. The molecule has 100 valence electrons. The van der Waals surface area contributed by atoms with Crippen LogP contribution in [0.5, 0.6) is 0 Å². The zero-order chi connectivity index (χ0) is 13.8. The Kier molecular flexibility index (Phi) is 4.87. The number of benzene rings is 1. The predicted molar refractivity (Wildman–Crippen MR) is 80.1 cm³/mol. The molecule has 2 rings (SSSR count). The molecule has 1 aromatic heterocycles. The van der Waals surface area contributed by atoms with Crippen LogP contribution in [0.3, 0.4) is 0 Å². The number of nitrogens with two attached hydrogens (primary N) is 1. The third-order valence-electron chi connectivity index (χ3n) is 1.90. The monoisotopic (exact) mass is 334 g/mol. The standard InChI is InChI=1S/C10H8Cl2N4OS2/c11-5-1-6(12)3-7(2-5)14-8(17)4-18-10-16-15-9(13)19-10/h1-3H,4H2,(H2,13,15)(H,14,17). The largest absolute Gasteiger partial charge is 0.374 e. The average Bonchev–Trinajstić information content (AvgIpc) is 2.71. The van der Waals surface area contributed by atoms with Crippen molar-refractivity contribution in [3.63, 3.8) is 0 Å². The van der Waals surface area contributed by atoms with E-state index in [0.29, 0.717) is 25.2 Å². The van der Waals surface area contributed by atoms with Crippen molar-refractivity contribution in [1.82, 2.24) is 10.2 Å². The molecular formula is C10H8Cl2N4OS2. The summed E-state index contributed by atoms with van der Waals surface area (Å²) in [5.41, 5.74) is 6.00. The van der Waals surface area contributed by atoms with E-state index >= 15 is 0 Å². The Hall–Kier alpha value is -1.02. The van der Waals surface area contributed by atoms with Crippen molar-refractivity contribution in [1.29, 1.82) is 0 Å². The fraction of sp³-hybridized carbons (Fsp3) is 0.100. The van der Waals surface area contributed by atoms with Crippen LogP contribution in [-0.4, -0.2) is 21.9 Å². The molecule has 9 heteroatoms. The normalized spacial score (nSPS) is 10.4. The predicted octanol–water partition coefficient (Wildman–Crippen LogP) is 3.16. The first kappa shape index (κ1) is 14.4. The van der Waals surface area contributed by atoms with Crippen LogP contribution in [0.2, 0.25) is 10.0 Å². The molecule has 0 spiro atoms. The molecule has 0 atom stereocenters. The van der Waals surface area contributed by atoms with Crippen molar-refractivity contribution >= 4 is 63.0 Å². The number of hydrogen-bond acceptors (Lipinski definition) is 6. The minimum atomic E-state index is -0.183. The number of carbonyl (C=O) groups is 1. The number of thioether (sulfide) groups is 1. The Bertz CT molecular complexity index is 585. The van der Waals surface area contributed by atoms with Crippen LogP contribution in [0.15, 0.2) is 22.5 Å². The summed E-state index contributed by atoms with van der Waals surface area (Å²) >= 11 is 14.2. The van der Waals surface area contributed by atoms with Gasteiger partial charge in [-0.15, -0.1) is 10.2 Å². The van der Waals surface area contributed by atoms with Crippen LogP contribution in [0.1, 0.15) is 0 Å². The third kappa shape index (κ3) is 4.54. The second-order valence-corrected chi connectivity index (χ2v) is 6.51. The summed E-state index contributed by atoms with van der Waals surface area (Å²) in [4.78, 5) is 11.7. The lowest BCUT2D eigenvalue weighted by Crippen LogP contribution is -2.13. The minimum absolute atomic E-state index is 0.183. The van der Waals surface area contributed by atoms with Gasteiger partial charge in [0.25, 0.3) is 0 Å². The Labute approximate surface area is 127 Å². The van der Waals surface area contributed by atoms with E-state index in [0.717, 1.165) is 0 Å². The summed E-state index contributed by atoms with van der Waals surface area (Å²) in [5.74, 6) is 0.0239. The third-order valence-corrected chi connectivity index (χ3v) is 4.22. The second kappa shape index (κ2) is 6.42. The van der Waals surface area contributed by atoms with Crippen molar-refractivity contribution < 1.29 is 4.79 Å². The first-order valence-corrected chi connectivity index (χ1v) is 7.56. The number of hydrogen-bond donors (Lipinski definition) is 2. The molecule has 0 bridgehead atoms. The van der Waals surface area contributed by atoms with Crippen LogP contribution in [0.4, 0.5) is 10.8 Å². The summed E-state index contributed by atoms with van der Waals surface area (Å²) in [5, 5.41) is 11.5. The lowest BCUT2D eigenvalue weighted by Gasteiger charge is -2.05. The smallest absolute Gasteiger partial charge is 0.234 e. The fourth-order valence-corrected chi connectivity index (χ4v) is 3.19. The van der Waals surface area contributed by atoms with Gasteiger partial charge in [-0.2, -0.15) is 0 Å². The van der Waals surface area contributed by atoms with Gasteiger partial charge in [-0.05, 0) is 18.2 Å². The van der Waals surface area contributed by atoms with Crippen molar-refractivity contribution in [2.75, 3.05) is 16.8 Å². The van der Waals surface area contributed by atoms with E-state index in [1.165, 1.54) is 23.1 Å². The molecule has 0 saturated carbocycles. The minimum Gasteiger partial charge on any atom is -0.374 e. The van der Waals surface area contributed by atoms with E-state index in [1.54, 1.807) is 18.2 Å². The number of aromatic nitrogens is 2. The van der Waals surface area contributed by atoms with E-state index in [-0.39, 0.29) is 11.7 Å². The maximum absolute atomic E-state index is 11.7. The molecule has 0 aliphatic carbocycles. The molecule has 0 unspecified atom stereocenters. The molecule has 19 heavy (non-hydrogen) atoms. The quantitative estimate of drug-likeness (QED) is 0.839. The van der Waals surface area contributed by atoms with Gasteiger partial charge in [-0.25, -0.2) is 0 Å². The molecular weight excluding hydrogens is 327 g/mol. The zero-order valence-corrected chi connectivity index (χ0v) is 12.5. The molecule has 0 radical (unpaired) electrons. The topological polar surface area (TPSA) is 80.9 Å². The number of carbonyl (C=O) groups excluding carboxylic acids is 1. The summed E-state index contributed by atoms with van der Waals surface area (Å²) in [6.45, 7) is 0. The van der Waals surface area contributed by atoms with Gasteiger partial charge >= 0.3 is 0 Å². The van der Waals surface area contributed by atoms with Crippen LogP contribution in [-0.2, 0) is 4.79 Å². The molecule has 3 N–H and O–H groups in total. The Balaban J connectivity index is 1.90. The first-order valence-electron chi connectivity index (χ1n) is 5.00. The molecule has 0 aliphatic heterocycles. The van der Waals surface area contributed by atoms with Crippen LogP contribution >= 0.6 is 46.3 Å². The van der Waals surface area contributed by atoms with E-state index in [1.807, 2.05) is 0 Å². The lowest BCUT2D eigenvalue weighted by atomic mass is 10.3. The summed E-state index contributed by atoms with van der Waals surface area (Å²) in [6, 6.07) is 4.84. The highest BCUT2D eigenvalue weighted by atomic mass is 35.5. The van der Waals surface area contributed by atoms with Gasteiger partial charge in [-0.1, -0.05) is 46.3 Å². The highest BCUT2D eigenvalue weighted by molar-refractivity contribution is 8.01. The van der Waals surface area contributed by atoms with Crippen LogP contribution < -0.4 is 11.1 Å². The molecule has 5 nitrogen and oxygen atoms in total. The number of nitrogen functional groups attached to an aromatic ring is 1. The molecule has 1 amide bonds. The van der Waals surface area contributed by atoms with Gasteiger partial charge < -0.3 is 11.1 Å². The van der Waals surface area contributed by atoms with E-state index in [2.05, 4.69) is 15.5 Å². The van der Waals surface area contributed by atoms with Crippen molar-refractivity contribution in [2.24, 2.45) is 0 Å². The number of nitrogens with zero attached hydrogens (tertiary/aromatic N) is 2. The summed E-state index contributed by atoms with van der Waals surface area (Å²) in [7, 11) is 0. The second-order valence-electron chi connectivity index (χ2n) is 3.40. The van der Waals surface area contributed by atoms with Crippen molar-refractivity contribution in [3.05, 3.63) is 28.2 Å². The van der Waals surface area contributed by atoms with Gasteiger partial charge in [0.2, 0.25) is 11.0 Å². The van der Waals surface area contributed by atoms with Crippen molar-refractivity contribution in [3.8, 4) is 0 Å². The average molecular weight is 335 g/mol. The SMILES string of the molecule is Nc1nnc(SCC(=O)Nc2cc(Cl)cc(Cl)c2)s1. The van der Waals surface area contributed by atoms with Gasteiger partial charge in [0.1, 0.15) is 0 Å². The van der Waals surface area contributed by atoms with Crippen LogP contribution in [0, 0.1) is 0 Å². The summed E-state index contributed by atoms with van der Waals surface area (Å²) < 4.78 is 0.650. The van der Waals surface area contributed by atoms with Gasteiger partial charge in [0, 0.05) is 15.7 Å². The zero-order valence-electron chi connectivity index (χ0n) is 9.39. The molecule has 1 aromatic carbocycles. The summed E-state index contributed by atoms with van der Waals surface area (Å²) in [6.07, 6.45) is 0. The molecule has 0 fully saturated rings. The maximum Gasteiger partial charge on any atom is 0.234 e. The number of amides is 1. The maximum atomic E-state index is 11.7. The van der Waals surface area contributed by atoms with E-state index in [4.69, 9.17) is 28.9 Å². The van der Waals surface area contributed by atoms with E-state index < -0.39 is 0 Å². The van der Waals surface area contributed by atoms with E-state index in [9.17, 15) is 4.79 Å². The highest BCUT2D eigenvalue weighted by Gasteiger charge is 2.08. The number of halogens is 2. The number of anilines is 2. The van der Waals surface area contributed by atoms with Crippen molar-refractivity contribution in [2.45, 2.75) is 4.34 Å². The molecule has 1 heterocycles. The Morgan fingerprint density at radius 3 is 2.58 bits per heavy atom.